The van der Waals surface area contributed by atoms with Gasteiger partial charge in [0.15, 0.2) is 5.13 Å². The van der Waals surface area contributed by atoms with Crippen LogP contribution in [0.1, 0.15) is 12.8 Å². The molecule has 1 aliphatic rings. The predicted molar refractivity (Wildman–Crippen MR) is 105 cm³/mol. The van der Waals surface area contributed by atoms with Gasteiger partial charge in [0.05, 0.1) is 10.6 Å². The number of nitrogens with zero attached hydrogens (tertiary/aromatic N) is 2. The molecule has 1 atom stereocenters. The summed E-state index contributed by atoms with van der Waals surface area (Å²) in [5.74, 6) is -0.471. The van der Waals surface area contributed by atoms with Crippen molar-refractivity contribution in [1.29, 1.82) is 0 Å². The summed E-state index contributed by atoms with van der Waals surface area (Å²) in [6.07, 6.45) is 1.72. The van der Waals surface area contributed by atoms with Crippen LogP contribution in [0.15, 0.2) is 42.5 Å². The maximum atomic E-state index is 13.9. The van der Waals surface area contributed by atoms with Crippen molar-refractivity contribution in [2.75, 3.05) is 23.3 Å². The molecule has 4 rings (SSSR count). The molecule has 0 spiro atoms. The van der Waals surface area contributed by atoms with Crippen LogP contribution in [0, 0.1) is 11.7 Å². The zero-order valence-electron chi connectivity index (χ0n) is 13.9. The van der Waals surface area contributed by atoms with Crippen molar-refractivity contribution in [3.05, 3.63) is 53.3 Å². The Kier molecular flexibility index (Phi) is 4.78. The van der Waals surface area contributed by atoms with Gasteiger partial charge in [0.1, 0.15) is 11.3 Å². The Labute approximate surface area is 159 Å². The SMILES string of the molecule is O=C(Nc1cccc(Cl)c1)C1CCCN(c2nc3c(F)cccc3s2)C1. The number of hydrogen-bond donors (Lipinski definition) is 1. The summed E-state index contributed by atoms with van der Waals surface area (Å²) in [7, 11) is 0. The van der Waals surface area contributed by atoms with Crippen molar-refractivity contribution in [1.82, 2.24) is 4.98 Å². The number of piperidine rings is 1. The average molecular weight is 390 g/mol. The molecule has 4 nitrogen and oxygen atoms in total. The quantitative estimate of drug-likeness (QED) is 0.689. The van der Waals surface area contributed by atoms with Gasteiger partial charge in [-0.25, -0.2) is 9.37 Å². The van der Waals surface area contributed by atoms with Gasteiger partial charge in [-0.1, -0.05) is 35.1 Å². The molecule has 2 aromatic carbocycles. The highest BCUT2D eigenvalue weighted by atomic mass is 35.5. The van der Waals surface area contributed by atoms with Crippen LogP contribution in [-0.4, -0.2) is 24.0 Å². The van der Waals surface area contributed by atoms with E-state index >= 15 is 0 Å². The minimum absolute atomic E-state index is 0.0238. The Bertz CT molecular complexity index is 961. The number of fused-ring (bicyclic) bond motifs is 1. The molecule has 26 heavy (non-hydrogen) atoms. The molecule has 134 valence electrons. The summed E-state index contributed by atoms with van der Waals surface area (Å²) < 4.78 is 14.7. The highest BCUT2D eigenvalue weighted by Crippen LogP contribution is 2.33. The van der Waals surface area contributed by atoms with E-state index in [9.17, 15) is 9.18 Å². The minimum atomic E-state index is -0.308. The van der Waals surface area contributed by atoms with E-state index in [1.807, 2.05) is 12.1 Å². The van der Waals surface area contributed by atoms with Crippen LogP contribution in [0.2, 0.25) is 5.02 Å². The third-order valence-electron chi connectivity index (χ3n) is 4.51. The standard InChI is InChI=1S/C19H17ClFN3OS/c20-13-5-1-6-14(10-13)22-18(25)12-4-3-9-24(11-12)19-23-17-15(21)7-2-8-16(17)26-19/h1-2,5-8,10,12H,3-4,9,11H2,(H,22,25). The Morgan fingerprint density at radius 2 is 2.15 bits per heavy atom. The van der Waals surface area contributed by atoms with Crippen molar-refractivity contribution in [2.24, 2.45) is 5.92 Å². The number of thiazole rings is 1. The number of hydrogen-bond acceptors (Lipinski definition) is 4. The van der Waals surface area contributed by atoms with Crippen molar-refractivity contribution < 1.29 is 9.18 Å². The van der Waals surface area contributed by atoms with Gasteiger partial charge in [0, 0.05) is 23.8 Å². The van der Waals surface area contributed by atoms with Crippen molar-refractivity contribution in [3.8, 4) is 0 Å². The first kappa shape index (κ1) is 17.2. The number of rotatable bonds is 3. The monoisotopic (exact) mass is 389 g/mol. The van der Waals surface area contributed by atoms with Crippen LogP contribution in [0.25, 0.3) is 10.2 Å². The van der Waals surface area contributed by atoms with Gasteiger partial charge in [0.2, 0.25) is 5.91 Å². The van der Waals surface area contributed by atoms with Gasteiger partial charge in [-0.05, 0) is 43.2 Å². The highest BCUT2D eigenvalue weighted by Gasteiger charge is 2.27. The molecular formula is C19H17ClFN3OS. The molecule has 0 aliphatic carbocycles. The Hall–Kier alpha value is -2.18. The van der Waals surface area contributed by atoms with Gasteiger partial charge in [-0.3, -0.25) is 4.79 Å². The maximum Gasteiger partial charge on any atom is 0.229 e. The molecule has 0 bridgehead atoms. The van der Waals surface area contributed by atoms with Crippen molar-refractivity contribution in [3.63, 3.8) is 0 Å². The first-order valence-corrected chi connectivity index (χ1v) is 9.66. The summed E-state index contributed by atoms with van der Waals surface area (Å²) >= 11 is 7.43. The molecule has 1 aliphatic heterocycles. The third-order valence-corrected chi connectivity index (χ3v) is 5.83. The van der Waals surface area contributed by atoms with E-state index in [1.165, 1.54) is 17.4 Å². The number of halogens is 2. The number of carbonyl (C=O) groups excluding carboxylic acids is 1. The first-order chi connectivity index (χ1) is 12.6. The van der Waals surface area contributed by atoms with Gasteiger partial charge >= 0.3 is 0 Å². The highest BCUT2D eigenvalue weighted by molar-refractivity contribution is 7.22. The van der Waals surface area contributed by atoms with Gasteiger partial charge in [-0.15, -0.1) is 0 Å². The summed E-state index contributed by atoms with van der Waals surface area (Å²) in [6, 6.07) is 12.1. The topological polar surface area (TPSA) is 45.2 Å². The Morgan fingerprint density at radius 3 is 2.96 bits per heavy atom. The lowest BCUT2D eigenvalue weighted by Crippen LogP contribution is -2.40. The van der Waals surface area contributed by atoms with Crippen molar-refractivity contribution in [2.45, 2.75) is 12.8 Å². The average Bonchev–Trinajstić information content (AvgIpc) is 3.08. The normalized spacial score (nSPS) is 17.5. The number of benzene rings is 2. The largest absolute Gasteiger partial charge is 0.347 e. The zero-order chi connectivity index (χ0) is 18.1. The van der Waals surface area contributed by atoms with E-state index in [0.29, 0.717) is 22.8 Å². The van der Waals surface area contributed by atoms with Gasteiger partial charge in [0.25, 0.3) is 0 Å². The number of carbonyl (C=O) groups is 1. The van der Waals surface area contributed by atoms with Crippen LogP contribution in [0.4, 0.5) is 15.2 Å². The smallest absolute Gasteiger partial charge is 0.229 e. The molecule has 1 N–H and O–H groups in total. The molecule has 1 saturated heterocycles. The summed E-state index contributed by atoms with van der Waals surface area (Å²) in [6.45, 7) is 1.40. The lowest BCUT2D eigenvalue weighted by Gasteiger charge is -2.31. The fraction of sp³-hybridized carbons (Fsp3) is 0.263. The number of anilines is 2. The summed E-state index contributed by atoms with van der Waals surface area (Å²) in [5, 5.41) is 4.29. The number of aromatic nitrogens is 1. The lowest BCUT2D eigenvalue weighted by molar-refractivity contribution is -0.120. The number of nitrogens with one attached hydrogen (secondary N) is 1. The Balaban J connectivity index is 1.49. The molecule has 1 amide bonds. The molecular weight excluding hydrogens is 373 g/mol. The molecule has 0 radical (unpaired) electrons. The molecule has 0 saturated carbocycles. The van der Waals surface area contributed by atoms with Crippen LogP contribution in [0.3, 0.4) is 0 Å². The molecule has 1 aromatic heterocycles. The second kappa shape index (κ2) is 7.21. The van der Waals surface area contributed by atoms with Crippen LogP contribution in [-0.2, 0) is 4.79 Å². The van der Waals surface area contributed by atoms with Crippen molar-refractivity contribution >= 4 is 49.9 Å². The van der Waals surface area contributed by atoms with E-state index in [2.05, 4.69) is 15.2 Å². The Morgan fingerprint density at radius 1 is 1.31 bits per heavy atom. The van der Waals surface area contributed by atoms with E-state index in [4.69, 9.17) is 11.6 Å². The van der Waals surface area contributed by atoms with Crippen LogP contribution in [0.5, 0.6) is 0 Å². The van der Waals surface area contributed by atoms with Crippen LogP contribution >= 0.6 is 22.9 Å². The second-order valence-electron chi connectivity index (χ2n) is 6.37. The van der Waals surface area contributed by atoms with Crippen LogP contribution < -0.4 is 10.2 Å². The minimum Gasteiger partial charge on any atom is -0.347 e. The van der Waals surface area contributed by atoms with Gasteiger partial charge < -0.3 is 10.2 Å². The molecule has 1 fully saturated rings. The second-order valence-corrected chi connectivity index (χ2v) is 7.81. The maximum absolute atomic E-state index is 13.9. The molecule has 2 heterocycles. The fourth-order valence-electron chi connectivity index (χ4n) is 3.21. The van der Waals surface area contributed by atoms with Gasteiger partial charge in [-0.2, -0.15) is 0 Å². The number of amides is 1. The summed E-state index contributed by atoms with van der Waals surface area (Å²) in [4.78, 5) is 19.1. The van der Waals surface area contributed by atoms with E-state index in [1.54, 1.807) is 24.3 Å². The zero-order valence-corrected chi connectivity index (χ0v) is 15.5. The number of para-hydroxylation sites is 1. The third kappa shape index (κ3) is 3.52. The first-order valence-electron chi connectivity index (χ1n) is 8.46. The predicted octanol–water partition coefficient (Wildman–Crippen LogP) is 4.94. The fourth-order valence-corrected chi connectivity index (χ4v) is 4.42. The van der Waals surface area contributed by atoms with E-state index in [-0.39, 0.29) is 17.6 Å². The van der Waals surface area contributed by atoms with E-state index in [0.717, 1.165) is 29.2 Å². The summed E-state index contributed by atoms with van der Waals surface area (Å²) in [5.41, 5.74) is 1.10. The lowest BCUT2D eigenvalue weighted by atomic mass is 9.97. The van der Waals surface area contributed by atoms with E-state index < -0.39 is 0 Å². The molecule has 1 unspecified atom stereocenters. The molecule has 3 aromatic rings. The molecule has 7 heteroatoms.